The van der Waals surface area contributed by atoms with E-state index in [1.54, 1.807) is 0 Å². The van der Waals surface area contributed by atoms with Gasteiger partial charge in [-0.3, -0.25) is 0 Å². The Morgan fingerprint density at radius 1 is 1.29 bits per heavy atom. The van der Waals surface area contributed by atoms with Crippen molar-refractivity contribution in [3.8, 4) is 0 Å². The lowest BCUT2D eigenvalue weighted by molar-refractivity contribution is -0.141. The number of carbonyl (C=O) groups is 2. The van der Waals surface area contributed by atoms with Crippen LogP contribution in [0.15, 0.2) is 24.3 Å². The maximum absolute atomic E-state index is 12.4. The molecule has 2 amide bonds. The molecule has 1 atom stereocenters. The number of carbonyl (C=O) groups excluding carboxylic acids is 1. The van der Waals surface area contributed by atoms with Crippen LogP contribution in [-0.2, 0) is 10.2 Å². The van der Waals surface area contributed by atoms with Gasteiger partial charge < -0.3 is 15.3 Å². The van der Waals surface area contributed by atoms with Gasteiger partial charge in [0.25, 0.3) is 0 Å². The van der Waals surface area contributed by atoms with Gasteiger partial charge >= 0.3 is 12.0 Å². The van der Waals surface area contributed by atoms with Crippen molar-refractivity contribution in [2.45, 2.75) is 45.1 Å². The number of benzene rings is 1. The highest BCUT2D eigenvalue weighted by Gasteiger charge is 2.34. The second kappa shape index (κ2) is 5.76. The Labute approximate surface area is 125 Å². The zero-order valence-corrected chi connectivity index (χ0v) is 12.7. The predicted molar refractivity (Wildman–Crippen MR) is 81.5 cm³/mol. The van der Waals surface area contributed by atoms with Crippen LogP contribution < -0.4 is 5.32 Å². The molecule has 1 fully saturated rings. The van der Waals surface area contributed by atoms with E-state index in [1.807, 2.05) is 24.3 Å². The monoisotopic (exact) mass is 290 g/mol. The quantitative estimate of drug-likeness (QED) is 0.879. The van der Waals surface area contributed by atoms with Crippen molar-refractivity contribution in [1.29, 1.82) is 0 Å². The third kappa shape index (κ3) is 3.35. The van der Waals surface area contributed by atoms with Crippen LogP contribution in [0.3, 0.4) is 0 Å². The van der Waals surface area contributed by atoms with Crippen LogP contribution in [0.25, 0.3) is 0 Å². The van der Waals surface area contributed by atoms with Crippen molar-refractivity contribution in [1.82, 2.24) is 4.90 Å². The normalized spacial score (nSPS) is 18.6. The minimum Gasteiger partial charge on any atom is -0.480 e. The van der Waals surface area contributed by atoms with E-state index in [0.29, 0.717) is 13.0 Å². The van der Waals surface area contributed by atoms with E-state index in [1.165, 1.54) is 4.90 Å². The van der Waals surface area contributed by atoms with E-state index >= 15 is 0 Å². The molecule has 0 aliphatic carbocycles. The predicted octanol–water partition coefficient (Wildman–Crippen LogP) is 3.07. The maximum atomic E-state index is 12.4. The summed E-state index contributed by atoms with van der Waals surface area (Å²) in [5.74, 6) is -0.938. The van der Waals surface area contributed by atoms with E-state index in [2.05, 4.69) is 26.1 Å². The number of nitrogens with one attached hydrogen (secondary N) is 1. The number of hydrogen-bond donors (Lipinski definition) is 2. The highest BCUT2D eigenvalue weighted by Crippen LogP contribution is 2.30. The minimum atomic E-state index is -0.938. The van der Waals surface area contributed by atoms with Crippen LogP contribution in [-0.4, -0.2) is 34.6 Å². The van der Waals surface area contributed by atoms with Gasteiger partial charge in [0.15, 0.2) is 0 Å². The lowest BCUT2D eigenvalue weighted by Gasteiger charge is -2.26. The summed E-state index contributed by atoms with van der Waals surface area (Å²) in [5, 5.41) is 12.0. The van der Waals surface area contributed by atoms with Crippen LogP contribution in [0.2, 0.25) is 0 Å². The second-order valence-corrected chi connectivity index (χ2v) is 6.42. The van der Waals surface area contributed by atoms with E-state index in [9.17, 15) is 9.59 Å². The fourth-order valence-corrected chi connectivity index (χ4v) is 2.70. The number of amides is 2. The van der Waals surface area contributed by atoms with Gasteiger partial charge in [0.05, 0.1) is 0 Å². The lowest BCUT2D eigenvalue weighted by Crippen LogP contribution is -2.43. The number of hydrogen-bond acceptors (Lipinski definition) is 2. The average molecular weight is 290 g/mol. The summed E-state index contributed by atoms with van der Waals surface area (Å²) in [6.07, 6.45) is 1.25. The third-order valence-corrected chi connectivity index (χ3v) is 3.78. The molecule has 1 aromatic rings. The zero-order chi connectivity index (χ0) is 15.6. The van der Waals surface area contributed by atoms with E-state index in [4.69, 9.17) is 5.11 Å². The van der Waals surface area contributed by atoms with Crippen molar-refractivity contribution in [2.24, 2.45) is 0 Å². The Kier molecular flexibility index (Phi) is 4.21. The number of nitrogens with zero attached hydrogens (tertiary/aromatic N) is 1. The van der Waals surface area contributed by atoms with Crippen LogP contribution >= 0.6 is 0 Å². The second-order valence-electron chi connectivity index (χ2n) is 6.42. The number of aliphatic carboxylic acids is 1. The smallest absolute Gasteiger partial charge is 0.326 e. The molecule has 114 valence electrons. The number of para-hydroxylation sites is 1. The summed E-state index contributed by atoms with van der Waals surface area (Å²) in [6.45, 7) is 6.72. The number of rotatable bonds is 2. The van der Waals surface area contributed by atoms with Gasteiger partial charge in [0, 0.05) is 12.2 Å². The molecule has 2 N–H and O–H groups in total. The molecule has 0 spiro atoms. The Morgan fingerprint density at radius 2 is 1.95 bits per heavy atom. The van der Waals surface area contributed by atoms with Crippen molar-refractivity contribution in [2.75, 3.05) is 11.9 Å². The summed E-state index contributed by atoms with van der Waals surface area (Å²) < 4.78 is 0. The summed E-state index contributed by atoms with van der Waals surface area (Å²) in [4.78, 5) is 24.9. The molecule has 0 unspecified atom stereocenters. The Hall–Kier alpha value is -2.04. The van der Waals surface area contributed by atoms with Crippen LogP contribution in [0.4, 0.5) is 10.5 Å². The van der Waals surface area contributed by atoms with Gasteiger partial charge in [0.1, 0.15) is 6.04 Å². The summed E-state index contributed by atoms with van der Waals surface area (Å²) in [5.41, 5.74) is 1.68. The molecule has 1 aliphatic heterocycles. The summed E-state index contributed by atoms with van der Waals surface area (Å²) >= 11 is 0. The number of likely N-dealkylation sites (tertiary alicyclic amines) is 1. The molecule has 0 saturated carbocycles. The first kappa shape index (κ1) is 15.4. The Bertz CT molecular complexity index is 549. The van der Waals surface area contributed by atoms with Crippen molar-refractivity contribution >= 4 is 17.7 Å². The molecule has 0 aromatic heterocycles. The Morgan fingerprint density at radius 3 is 2.57 bits per heavy atom. The van der Waals surface area contributed by atoms with Gasteiger partial charge in [-0.15, -0.1) is 0 Å². The van der Waals surface area contributed by atoms with E-state index in [0.717, 1.165) is 17.7 Å². The summed E-state index contributed by atoms with van der Waals surface area (Å²) in [6, 6.07) is 6.58. The number of carboxylic acid groups (broad SMARTS) is 1. The molecule has 2 rings (SSSR count). The molecule has 5 heteroatoms. The summed E-state index contributed by atoms with van der Waals surface area (Å²) in [7, 11) is 0. The number of carboxylic acids is 1. The van der Waals surface area contributed by atoms with E-state index in [-0.39, 0.29) is 11.4 Å². The molecular formula is C16H22N2O3. The standard InChI is InChI=1S/C16H22N2O3/c1-16(2,3)11-7-4-5-8-12(11)17-15(21)18-10-6-9-13(18)14(19)20/h4-5,7-8,13H,6,9-10H2,1-3H3,(H,17,21)(H,19,20)/t13-/m1/s1. The molecule has 1 saturated heterocycles. The first-order valence-corrected chi connectivity index (χ1v) is 7.20. The van der Waals surface area contributed by atoms with Crippen molar-refractivity contribution in [3.05, 3.63) is 29.8 Å². The van der Waals surface area contributed by atoms with Gasteiger partial charge in [0.2, 0.25) is 0 Å². The topological polar surface area (TPSA) is 69.6 Å². The molecular weight excluding hydrogens is 268 g/mol. The van der Waals surface area contributed by atoms with Crippen LogP contribution in [0, 0.1) is 0 Å². The van der Waals surface area contributed by atoms with Crippen molar-refractivity contribution in [3.63, 3.8) is 0 Å². The van der Waals surface area contributed by atoms with Crippen molar-refractivity contribution < 1.29 is 14.7 Å². The third-order valence-electron chi connectivity index (χ3n) is 3.78. The largest absolute Gasteiger partial charge is 0.480 e. The molecule has 21 heavy (non-hydrogen) atoms. The van der Waals surface area contributed by atoms with Gasteiger partial charge in [-0.05, 0) is 29.9 Å². The molecule has 5 nitrogen and oxygen atoms in total. The van der Waals surface area contributed by atoms with Gasteiger partial charge in [-0.2, -0.15) is 0 Å². The maximum Gasteiger partial charge on any atom is 0.326 e. The Balaban J connectivity index is 2.19. The van der Waals surface area contributed by atoms with Crippen LogP contribution in [0.1, 0.15) is 39.2 Å². The lowest BCUT2D eigenvalue weighted by atomic mass is 9.86. The first-order chi connectivity index (χ1) is 9.80. The highest BCUT2D eigenvalue weighted by molar-refractivity contribution is 5.93. The van der Waals surface area contributed by atoms with Gasteiger partial charge in [-0.1, -0.05) is 39.0 Å². The fourth-order valence-electron chi connectivity index (χ4n) is 2.70. The highest BCUT2D eigenvalue weighted by atomic mass is 16.4. The molecule has 0 bridgehead atoms. The molecule has 1 aromatic carbocycles. The SMILES string of the molecule is CC(C)(C)c1ccccc1NC(=O)N1CCC[C@@H]1C(=O)O. The average Bonchev–Trinajstić information content (AvgIpc) is 2.87. The zero-order valence-electron chi connectivity index (χ0n) is 12.7. The molecule has 0 radical (unpaired) electrons. The molecule has 1 heterocycles. The molecule has 1 aliphatic rings. The fraction of sp³-hybridized carbons (Fsp3) is 0.500. The van der Waals surface area contributed by atoms with E-state index < -0.39 is 12.0 Å². The first-order valence-electron chi connectivity index (χ1n) is 7.20. The van der Waals surface area contributed by atoms with Crippen LogP contribution in [0.5, 0.6) is 0 Å². The minimum absolute atomic E-state index is 0.0961. The number of urea groups is 1. The number of anilines is 1. The van der Waals surface area contributed by atoms with Gasteiger partial charge in [-0.25, -0.2) is 9.59 Å².